The van der Waals surface area contributed by atoms with Gasteiger partial charge in [0.1, 0.15) is 0 Å². The standard InChI is InChI=1S/C22H22ClN3O2S/c23-18-6-8-20(9-7-18)25-14-16-26(17-15-25)21-10-12-22(13-11-21)29(27,28)24-19-4-2-1-3-5-19/h1-13,24H,14-17H2. The van der Waals surface area contributed by atoms with Crippen LogP contribution in [0.15, 0.2) is 83.8 Å². The smallest absolute Gasteiger partial charge is 0.261 e. The lowest BCUT2D eigenvalue weighted by molar-refractivity contribution is 0.601. The highest BCUT2D eigenvalue weighted by molar-refractivity contribution is 7.92. The zero-order chi connectivity index (χ0) is 20.3. The molecule has 1 aliphatic rings. The molecule has 4 rings (SSSR count). The zero-order valence-electron chi connectivity index (χ0n) is 15.8. The molecule has 0 saturated carbocycles. The zero-order valence-corrected chi connectivity index (χ0v) is 17.4. The van der Waals surface area contributed by atoms with Crippen molar-refractivity contribution in [2.75, 3.05) is 40.7 Å². The van der Waals surface area contributed by atoms with E-state index in [0.29, 0.717) is 5.69 Å². The summed E-state index contributed by atoms with van der Waals surface area (Å²) >= 11 is 5.97. The Labute approximate surface area is 176 Å². The predicted molar refractivity (Wildman–Crippen MR) is 120 cm³/mol. The van der Waals surface area contributed by atoms with Gasteiger partial charge in [-0.2, -0.15) is 0 Å². The van der Waals surface area contributed by atoms with Crippen molar-refractivity contribution >= 4 is 38.7 Å². The molecule has 0 aromatic heterocycles. The van der Waals surface area contributed by atoms with Crippen molar-refractivity contribution in [3.8, 4) is 0 Å². The number of piperazine rings is 1. The largest absolute Gasteiger partial charge is 0.368 e. The Morgan fingerprint density at radius 1 is 0.690 bits per heavy atom. The summed E-state index contributed by atoms with van der Waals surface area (Å²) in [7, 11) is -3.60. The number of benzene rings is 3. The van der Waals surface area contributed by atoms with E-state index in [9.17, 15) is 8.42 Å². The molecular weight excluding hydrogens is 406 g/mol. The summed E-state index contributed by atoms with van der Waals surface area (Å²) in [5.41, 5.74) is 2.75. The van der Waals surface area contributed by atoms with Crippen LogP contribution in [0.2, 0.25) is 5.02 Å². The SMILES string of the molecule is O=S(=O)(Nc1ccccc1)c1ccc(N2CCN(c3ccc(Cl)cc3)CC2)cc1. The minimum Gasteiger partial charge on any atom is -0.368 e. The van der Waals surface area contributed by atoms with E-state index in [0.717, 1.165) is 36.9 Å². The average Bonchev–Trinajstić information content (AvgIpc) is 2.75. The Kier molecular flexibility index (Phi) is 5.65. The number of halogens is 1. The van der Waals surface area contributed by atoms with E-state index < -0.39 is 10.0 Å². The number of hydrogen-bond acceptors (Lipinski definition) is 4. The van der Waals surface area contributed by atoms with E-state index in [-0.39, 0.29) is 4.90 Å². The highest BCUT2D eigenvalue weighted by atomic mass is 35.5. The van der Waals surface area contributed by atoms with Crippen LogP contribution in [0.5, 0.6) is 0 Å². The van der Waals surface area contributed by atoms with Crippen molar-refractivity contribution in [2.45, 2.75) is 4.90 Å². The number of rotatable bonds is 5. The van der Waals surface area contributed by atoms with Crippen LogP contribution in [0.4, 0.5) is 17.1 Å². The number of nitrogens with zero attached hydrogens (tertiary/aromatic N) is 2. The summed E-state index contributed by atoms with van der Waals surface area (Å²) in [6.45, 7) is 3.54. The van der Waals surface area contributed by atoms with E-state index in [1.807, 2.05) is 42.5 Å². The first-order chi connectivity index (χ1) is 14.0. The lowest BCUT2D eigenvalue weighted by atomic mass is 10.2. The molecule has 0 spiro atoms. The molecule has 0 amide bonds. The summed E-state index contributed by atoms with van der Waals surface area (Å²) in [5.74, 6) is 0. The van der Waals surface area contributed by atoms with E-state index >= 15 is 0 Å². The van der Waals surface area contributed by atoms with Gasteiger partial charge in [0.25, 0.3) is 10.0 Å². The van der Waals surface area contributed by atoms with E-state index in [1.165, 1.54) is 5.69 Å². The quantitative estimate of drug-likeness (QED) is 0.652. The second-order valence-corrected chi connectivity index (χ2v) is 9.03. The highest BCUT2D eigenvalue weighted by Crippen LogP contribution is 2.24. The van der Waals surface area contributed by atoms with Gasteiger partial charge in [-0.25, -0.2) is 8.42 Å². The maximum Gasteiger partial charge on any atom is 0.261 e. The maximum absolute atomic E-state index is 12.6. The predicted octanol–water partition coefficient (Wildman–Crippen LogP) is 4.47. The first-order valence-corrected chi connectivity index (χ1v) is 11.3. The Morgan fingerprint density at radius 2 is 1.17 bits per heavy atom. The van der Waals surface area contributed by atoms with Gasteiger partial charge in [0.2, 0.25) is 0 Å². The molecule has 0 radical (unpaired) electrons. The summed E-state index contributed by atoms with van der Waals surface area (Å²) in [5, 5.41) is 0.740. The summed E-state index contributed by atoms with van der Waals surface area (Å²) in [6, 6.07) is 23.9. The lowest BCUT2D eigenvalue weighted by Gasteiger charge is -2.37. The molecule has 7 heteroatoms. The van der Waals surface area contributed by atoms with Gasteiger partial charge in [-0.05, 0) is 60.7 Å². The lowest BCUT2D eigenvalue weighted by Crippen LogP contribution is -2.46. The van der Waals surface area contributed by atoms with Crippen LogP contribution in [-0.2, 0) is 10.0 Å². The van der Waals surface area contributed by atoms with E-state index in [1.54, 1.807) is 36.4 Å². The molecule has 3 aromatic carbocycles. The molecule has 0 atom stereocenters. The molecule has 0 aliphatic carbocycles. The van der Waals surface area contributed by atoms with Crippen LogP contribution < -0.4 is 14.5 Å². The molecule has 3 aromatic rings. The number of para-hydroxylation sites is 1. The highest BCUT2D eigenvalue weighted by Gasteiger charge is 2.19. The number of sulfonamides is 1. The van der Waals surface area contributed by atoms with Crippen molar-refractivity contribution in [3.63, 3.8) is 0 Å². The average molecular weight is 428 g/mol. The topological polar surface area (TPSA) is 52.7 Å². The van der Waals surface area contributed by atoms with E-state index in [2.05, 4.69) is 14.5 Å². The fraction of sp³-hybridized carbons (Fsp3) is 0.182. The fourth-order valence-electron chi connectivity index (χ4n) is 3.43. The Morgan fingerprint density at radius 3 is 1.69 bits per heavy atom. The van der Waals surface area contributed by atoms with Gasteiger partial charge in [0.15, 0.2) is 0 Å². The van der Waals surface area contributed by atoms with Crippen LogP contribution in [0.25, 0.3) is 0 Å². The van der Waals surface area contributed by atoms with Crippen molar-refractivity contribution in [2.24, 2.45) is 0 Å². The minimum absolute atomic E-state index is 0.255. The third kappa shape index (κ3) is 4.66. The summed E-state index contributed by atoms with van der Waals surface area (Å²) in [6.07, 6.45) is 0. The third-order valence-electron chi connectivity index (χ3n) is 5.01. The van der Waals surface area contributed by atoms with Crippen molar-refractivity contribution in [1.82, 2.24) is 0 Å². The van der Waals surface area contributed by atoms with Gasteiger partial charge in [0, 0.05) is 48.3 Å². The molecule has 1 aliphatic heterocycles. The fourth-order valence-corrected chi connectivity index (χ4v) is 4.62. The van der Waals surface area contributed by atoms with Gasteiger partial charge in [0.05, 0.1) is 4.90 Å². The summed E-state index contributed by atoms with van der Waals surface area (Å²) in [4.78, 5) is 4.85. The number of anilines is 3. The van der Waals surface area contributed by atoms with Crippen molar-refractivity contribution in [1.29, 1.82) is 0 Å². The van der Waals surface area contributed by atoms with Crippen LogP contribution in [0, 0.1) is 0 Å². The number of hydrogen-bond donors (Lipinski definition) is 1. The normalized spacial score (nSPS) is 14.7. The number of nitrogens with one attached hydrogen (secondary N) is 1. The van der Waals surface area contributed by atoms with Gasteiger partial charge < -0.3 is 9.80 Å². The molecule has 1 heterocycles. The maximum atomic E-state index is 12.6. The van der Waals surface area contributed by atoms with Crippen LogP contribution >= 0.6 is 11.6 Å². The Hall–Kier alpha value is -2.70. The monoisotopic (exact) mass is 427 g/mol. The molecule has 0 bridgehead atoms. The molecule has 1 saturated heterocycles. The first-order valence-electron chi connectivity index (χ1n) is 9.45. The molecule has 1 N–H and O–H groups in total. The Bertz CT molecular complexity index is 1050. The van der Waals surface area contributed by atoms with Crippen molar-refractivity contribution in [3.05, 3.63) is 83.9 Å². The Balaban J connectivity index is 1.40. The molecule has 29 heavy (non-hydrogen) atoms. The molecule has 150 valence electrons. The van der Waals surface area contributed by atoms with Crippen LogP contribution in [-0.4, -0.2) is 34.6 Å². The second kappa shape index (κ2) is 8.35. The summed E-state index contributed by atoms with van der Waals surface area (Å²) < 4.78 is 27.7. The van der Waals surface area contributed by atoms with E-state index in [4.69, 9.17) is 11.6 Å². The van der Waals surface area contributed by atoms with Crippen LogP contribution in [0.3, 0.4) is 0 Å². The van der Waals surface area contributed by atoms with Gasteiger partial charge in [-0.3, -0.25) is 4.72 Å². The molecule has 5 nitrogen and oxygen atoms in total. The van der Waals surface area contributed by atoms with Gasteiger partial charge in [-0.15, -0.1) is 0 Å². The van der Waals surface area contributed by atoms with Gasteiger partial charge >= 0.3 is 0 Å². The minimum atomic E-state index is -3.60. The van der Waals surface area contributed by atoms with Crippen LogP contribution in [0.1, 0.15) is 0 Å². The molecule has 0 unspecified atom stereocenters. The molecule has 1 fully saturated rings. The van der Waals surface area contributed by atoms with Crippen molar-refractivity contribution < 1.29 is 8.42 Å². The first kappa shape index (κ1) is 19.6. The second-order valence-electron chi connectivity index (χ2n) is 6.92. The third-order valence-corrected chi connectivity index (χ3v) is 6.66. The van der Waals surface area contributed by atoms with Gasteiger partial charge in [-0.1, -0.05) is 29.8 Å². The molecular formula is C22H22ClN3O2S.